The fraction of sp³-hybridized carbons (Fsp3) is 0.467. The molecule has 0 N–H and O–H groups in total. The number of rotatable bonds is 4. The first-order chi connectivity index (χ1) is 8.24. The Morgan fingerprint density at radius 1 is 1.18 bits per heavy atom. The molecular formula is C15H22N2. The van der Waals surface area contributed by atoms with Crippen molar-refractivity contribution in [3.05, 3.63) is 47.5 Å². The van der Waals surface area contributed by atoms with Crippen molar-refractivity contribution in [1.82, 2.24) is 9.80 Å². The largest absolute Gasteiger partial charge is 0.305 e. The van der Waals surface area contributed by atoms with Crippen LogP contribution < -0.4 is 0 Å². The minimum absolute atomic E-state index is 1.08. The molecule has 0 saturated heterocycles. The summed E-state index contributed by atoms with van der Waals surface area (Å²) in [5.74, 6) is 0. The maximum Gasteiger partial charge on any atom is 0.0237 e. The molecule has 0 atom stereocenters. The Hall–Kier alpha value is -1.12. The zero-order valence-electron chi connectivity index (χ0n) is 10.9. The van der Waals surface area contributed by atoms with Crippen molar-refractivity contribution in [3.63, 3.8) is 0 Å². The van der Waals surface area contributed by atoms with Crippen molar-refractivity contribution < 1.29 is 0 Å². The lowest BCUT2D eigenvalue weighted by molar-refractivity contribution is 0.271. The Labute approximate surface area is 105 Å². The second-order valence-electron chi connectivity index (χ2n) is 5.09. The highest BCUT2D eigenvalue weighted by Crippen LogP contribution is 2.13. The topological polar surface area (TPSA) is 6.48 Å². The van der Waals surface area contributed by atoms with Crippen LogP contribution in [-0.4, -0.2) is 43.5 Å². The molecule has 0 aromatic heterocycles. The summed E-state index contributed by atoms with van der Waals surface area (Å²) in [6, 6.07) is 10.7. The van der Waals surface area contributed by atoms with E-state index in [1.165, 1.54) is 18.5 Å². The van der Waals surface area contributed by atoms with E-state index >= 15 is 0 Å². The molecule has 0 fully saturated rings. The molecule has 1 aliphatic heterocycles. The van der Waals surface area contributed by atoms with Gasteiger partial charge < -0.3 is 4.90 Å². The number of benzene rings is 1. The molecule has 0 radical (unpaired) electrons. The van der Waals surface area contributed by atoms with Gasteiger partial charge in [0, 0.05) is 26.2 Å². The van der Waals surface area contributed by atoms with Crippen LogP contribution in [0.4, 0.5) is 0 Å². The Kier molecular flexibility index (Phi) is 4.35. The van der Waals surface area contributed by atoms with Crippen LogP contribution >= 0.6 is 0 Å². The average Bonchev–Trinajstić information content (AvgIpc) is 2.30. The minimum Gasteiger partial charge on any atom is -0.305 e. The van der Waals surface area contributed by atoms with Crippen LogP contribution in [0.5, 0.6) is 0 Å². The lowest BCUT2D eigenvalue weighted by Gasteiger charge is -2.28. The standard InChI is InChI=1S/C15H22N2/c1-16(2)11-15-9-6-10-17(13-15)12-14-7-4-3-5-8-14/h3-5,7-9H,6,10-13H2,1-2H3. The second kappa shape index (κ2) is 5.99. The molecule has 1 aromatic carbocycles. The molecule has 17 heavy (non-hydrogen) atoms. The van der Waals surface area contributed by atoms with Gasteiger partial charge >= 0.3 is 0 Å². The summed E-state index contributed by atoms with van der Waals surface area (Å²) in [5.41, 5.74) is 2.97. The summed E-state index contributed by atoms with van der Waals surface area (Å²) in [5, 5.41) is 0. The molecule has 0 unspecified atom stereocenters. The van der Waals surface area contributed by atoms with E-state index in [0.717, 1.165) is 19.6 Å². The maximum atomic E-state index is 2.54. The van der Waals surface area contributed by atoms with E-state index < -0.39 is 0 Å². The monoisotopic (exact) mass is 230 g/mol. The highest BCUT2D eigenvalue weighted by molar-refractivity contribution is 5.16. The molecule has 92 valence electrons. The quantitative estimate of drug-likeness (QED) is 0.733. The van der Waals surface area contributed by atoms with E-state index in [1.54, 1.807) is 5.57 Å². The normalized spacial score (nSPS) is 17.2. The van der Waals surface area contributed by atoms with Crippen molar-refractivity contribution in [1.29, 1.82) is 0 Å². The zero-order chi connectivity index (χ0) is 12.1. The van der Waals surface area contributed by atoms with E-state index in [9.17, 15) is 0 Å². The molecular weight excluding hydrogens is 208 g/mol. The summed E-state index contributed by atoms with van der Waals surface area (Å²) in [6.45, 7) is 4.47. The van der Waals surface area contributed by atoms with Gasteiger partial charge in [-0.3, -0.25) is 4.90 Å². The van der Waals surface area contributed by atoms with Crippen molar-refractivity contribution in [3.8, 4) is 0 Å². The first-order valence-corrected chi connectivity index (χ1v) is 6.33. The van der Waals surface area contributed by atoms with Crippen molar-refractivity contribution in [2.75, 3.05) is 33.7 Å². The highest BCUT2D eigenvalue weighted by atomic mass is 15.1. The van der Waals surface area contributed by atoms with Crippen LogP contribution in [0.2, 0.25) is 0 Å². The molecule has 0 aliphatic carbocycles. The van der Waals surface area contributed by atoms with E-state index in [4.69, 9.17) is 0 Å². The van der Waals surface area contributed by atoms with E-state index in [2.05, 4.69) is 60.3 Å². The first-order valence-electron chi connectivity index (χ1n) is 6.33. The number of nitrogens with zero attached hydrogens (tertiary/aromatic N) is 2. The van der Waals surface area contributed by atoms with Crippen LogP contribution in [0.1, 0.15) is 12.0 Å². The van der Waals surface area contributed by atoms with Crippen LogP contribution in [0.15, 0.2) is 42.0 Å². The molecule has 1 aromatic rings. The lowest BCUT2D eigenvalue weighted by atomic mass is 10.1. The van der Waals surface area contributed by atoms with Crippen molar-refractivity contribution in [2.24, 2.45) is 0 Å². The van der Waals surface area contributed by atoms with Gasteiger partial charge in [-0.2, -0.15) is 0 Å². The van der Waals surface area contributed by atoms with E-state index in [-0.39, 0.29) is 0 Å². The molecule has 0 saturated carbocycles. The summed E-state index contributed by atoms with van der Waals surface area (Å²) in [4.78, 5) is 4.78. The number of hydrogen-bond acceptors (Lipinski definition) is 2. The SMILES string of the molecule is CN(C)CC1=CCCN(Cc2ccccc2)C1. The molecule has 2 rings (SSSR count). The Balaban J connectivity index is 1.90. The van der Waals surface area contributed by atoms with E-state index in [1.807, 2.05) is 0 Å². The molecule has 2 heteroatoms. The summed E-state index contributed by atoms with van der Waals surface area (Å²) in [6.07, 6.45) is 3.59. The summed E-state index contributed by atoms with van der Waals surface area (Å²) < 4.78 is 0. The van der Waals surface area contributed by atoms with Gasteiger partial charge in [0.1, 0.15) is 0 Å². The van der Waals surface area contributed by atoms with Crippen LogP contribution in [-0.2, 0) is 6.54 Å². The first kappa shape index (κ1) is 12.3. The highest BCUT2D eigenvalue weighted by Gasteiger charge is 2.12. The Morgan fingerprint density at radius 3 is 2.65 bits per heavy atom. The predicted octanol–water partition coefficient (Wildman–Crippen LogP) is 2.38. The van der Waals surface area contributed by atoms with Gasteiger partial charge in [-0.25, -0.2) is 0 Å². The number of hydrogen-bond donors (Lipinski definition) is 0. The van der Waals surface area contributed by atoms with Gasteiger partial charge in [-0.05, 0) is 31.7 Å². The van der Waals surface area contributed by atoms with E-state index in [0.29, 0.717) is 0 Å². The maximum absolute atomic E-state index is 2.54. The van der Waals surface area contributed by atoms with Gasteiger partial charge in [0.2, 0.25) is 0 Å². The third kappa shape index (κ3) is 3.99. The fourth-order valence-corrected chi connectivity index (χ4v) is 2.38. The third-order valence-electron chi connectivity index (χ3n) is 3.07. The molecule has 1 aliphatic rings. The second-order valence-corrected chi connectivity index (χ2v) is 5.09. The molecule has 0 amide bonds. The zero-order valence-corrected chi connectivity index (χ0v) is 10.9. The van der Waals surface area contributed by atoms with Gasteiger partial charge in [0.05, 0.1) is 0 Å². The Morgan fingerprint density at radius 2 is 1.94 bits per heavy atom. The smallest absolute Gasteiger partial charge is 0.0237 e. The third-order valence-corrected chi connectivity index (χ3v) is 3.07. The van der Waals surface area contributed by atoms with Gasteiger partial charge in [0.25, 0.3) is 0 Å². The average molecular weight is 230 g/mol. The lowest BCUT2D eigenvalue weighted by Crippen LogP contribution is -2.32. The van der Waals surface area contributed by atoms with Crippen LogP contribution in [0, 0.1) is 0 Å². The van der Waals surface area contributed by atoms with Crippen LogP contribution in [0.3, 0.4) is 0 Å². The molecule has 0 spiro atoms. The van der Waals surface area contributed by atoms with Gasteiger partial charge in [-0.1, -0.05) is 36.4 Å². The minimum atomic E-state index is 1.08. The molecule has 0 bridgehead atoms. The number of likely N-dealkylation sites (N-methyl/N-ethyl adjacent to an activating group) is 1. The van der Waals surface area contributed by atoms with Crippen LogP contribution in [0.25, 0.3) is 0 Å². The molecule has 2 nitrogen and oxygen atoms in total. The van der Waals surface area contributed by atoms with Crippen molar-refractivity contribution in [2.45, 2.75) is 13.0 Å². The molecule has 1 heterocycles. The predicted molar refractivity (Wildman–Crippen MR) is 73.0 cm³/mol. The van der Waals surface area contributed by atoms with Crippen molar-refractivity contribution >= 4 is 0 Å². The fourth-order valence-electron chi connectivity index (χ4n) is 2.38. The summed E-state index contributed by atoms with van der Waals surface area (Å²) in [7, 11) is 4.27. The van der Waals surface area contributed by atoms with Gasteiger partial charge in [0.15, 0.2) is 0 Å². The van der Waals surface area contributed by atoms with Gasteiger partial charge in [-0.15, -0.1) is 0 Å². The Bertz CT molecular complexity index is 368. The summed E-state index contributed by atoms with van der Waals surface area (Å²) >= 11 is 0.